The van der Waals surface area contributed by atoms with E-state index in [1.807, 2.05) is 42.5 Å². The molecule has 0 spiro atoms. The molecular weight excluding hydrogens is 332 g/mol. The first-order valence-electron chi connectivity index (χ1n) is 7.92. The highest BCUT2D eigenvalue weighted by atomic mass is 16.5. The number of hydrogen-bond acceptors (Lipinski definition) is 5. The molecule has 26 heavy (non-hydrogen) atoms. The molecule has 7 heteroatoms. The molecular formula is C19H14N4O3. The Bertz CT molecular complexity index is 1130. The number of H-pyrrole nitrogens is 1. The molecule has 0 aliphatic heterocycles. The molecule has 2 aromatic carbocycles. The second kappa shape index (κ2) is 6.29. The van der Waals surface area contributed by atoms with Gasteiger partial charge in [-0.1, -0.05) is 53.7 Å². The van der Waals surface area contributed by atoms with E-state index in [-0.39, 0.29) is 17.1 Å². The van der Waals surface area contributed by atoms with Crippen molar-refractivity contribution in [3.63, 3.8) is 0 Å². The van der Waals surface area contributed by atoms with E-state index in [9.17, 15) is 9.90 Å². The van der Waals surface area contributed by atoms with Crippen molar-refractivity contribution < 1.29 is 14.4 Å². The standard InChI is InChI=1S/C19H14N4O3/c1-11-15(16(23-26-11)12-7-3-2-4-8-12)18(24)22-21-17-13-9-5-6-10-14(13)20-19(17)25/h2-10,20,25H,1H3. The Morgan fingerprint density at radius 3 is 2.65 bits per heavy atom. The van der Waals surface area contributed by atoms with Crippen molar-refractivity contribution in [2.24, 2.45) is 10.2 Å². The highest BCUT2D eigenvalue weighted by Gasteiger charge is 2.22. The average molecular weight is 346 g/mol. The van der Waals surface area contributed by atoms with Crippen LogP contribution in [-0.2, 0) is 0 Å². The number of aromatic hydroxyl groups is 1. The second-order valence-corrected chi connectivity index (χ2v) is 5.70. The summed E-state index contributed by atoms with van der Waals surface area (Å²) in [5.41, 5.74) is 2.33. The molecule has 2 aromatic heterocycles. The zero-order chi connectivity index (χ0) is 18.1. The number of para-hydroxylation sites is 1. The van der Waals surface area contributed by atoms with Crippen molar-refractivity contribution >= 4 is 22.5 Å². The number of carbonyl (C=O) groups is 1. The number of aromatic amines is 1. The molecule has 0 saturated heterocycles. The second-order valence-electron chi connectivity index (χ2n) is 5.70. The third-order valence-corrected chi connectivity index (χ3v) is 4.02. The van der Waals surface area contributed by atoms with Crippen LogP contribution in [0.3, 0.4) is 0 Å². The molecule has 2 heterocycles. The van der Waals surface area contributed by atoms with Gasteiger partial charge in [-0.3, -0.25) is 4.79 Å². The number of azo groups is 1. The summed E-state index contributed by atoms with van der Waals surface area (Å²) in [7, 11) is 0. The number of fused-ring (bicyclic) bond motifs is 1. The third kappa shape index (κ3) is 2.65. The number of aryl methyl sites for hydroxylation is 1. The van der Waals surface area contributed by atoms with Crippen molar-refractivity contribution in [2.75, 3.05) is 0 Å². The number of benzene rings is 2. The molecule has 0 unspecified atom stereocenters. The summed E-state index contributed by atoms with van der Waals surface area (Å²) in [5.74, 6) is -0.378. The van der Waals surface area contributed by atoms with Gasteiger partial charge in [0.05, 0.1) is 5.52 Å². The number of nitrogens with zero attached hydrogens (tertiary/aromatic N) is 3. The van der Waals surface area contributed by atoms with Gasteiger partial charge in [0.2, 0.25) is 5.88 Å². The Morgan fingerprint density at radius 1 is 1.12 bits per heavy atom. The Kier molecular flexibility index (Phi) is 3.81. The van der Waals surface area contributed by atoms with Gasteiger partial charge in [0.25, 0.3) is 0 Å². The fourth-order valence-corrected chi connectivity index (χ4v) is 2.78. The molecule has 0 aliphatic rings. The lowest BCUT2D eigenvalue weighted by Crippen LogP contribution is -1.97. The number of amides is 1. The van der Waals surface area contributed by atoms with Gasteiger partial charge in [-0.25, -0.2) is 0 Å². The summed E-state index contributed by atoms with van der Waals surface area (Å²) >= 11 is 0. The maximum absolute atomic E-state index is 12.6. The summed E-state index contributed by atoms with van der Waals surface area (Å²) in [5, 5.41) is 22.4. The lowest BCUT2D eigenvalue weighted by atomic mass is 10.1. The number of aromatic nitrogens is 2. The van der Waals surface area contributed by atoms with Gasteiger partial charge >= 0.3 is 5.91 Å². The van der Waals surface area contributed by atoms with Crippen LogP contribution in [0.15, 0.2) is 69.3 Å². The van der Waals surface area contributed by atoms with Gasteiger partial charge in [0.1, 0.15) is 17.0 Å². The van der Waals surface area contributed by atoms with E-state index in [1.54, 1.807) is 19.1 Å². The zero-order valence-electron chi connectivity index (χ0n) is 13.8. The lowest BCUT2D eigenvalue weighted by molar-refractivity contribution is 0.0994. The van der Waals surface area contributed by atoms with Gasteiger partial charge in [-0.05, 0) is 13.0 Å². The first-order valence-corrected chi connectivity index (χ1v) is 7.92. The van der Waals surface area contributed by atoms with E-state index in [0.717, 1.165) is 5.56 Å². The Hall–Kier alpha value is -3.74. The minimum absolute atomic E-state index is 0.145. The molecule has 0 radical (unpaired) electrons. The van der Waals surface area contributed by atoms with E-state index in [0.29, 0.717) is 22.4 Å². The number of carbonyl (C=O) groups excluding carboxylic acids is 1. The van der Waals surface area contributed by atoms with Gasteiger partial charge in [-0.2, -0.15) is 0 Å². The van der Waals surface area contributed by atoms with E-state index in [4.69, 9.17) is 4.52 Å². The van der Waals surface area contributed by atoms with E-state index >= 15 is 0 Å². The molecule has 1 amide bonds. The number of rotatable bonds is 3. The smallest absolute Gasteiger partial charge is 0.301 e. The summed E-state index contributed by atoms with van der Waals surface area (Å²) in [6.45, 7) is 1.64. The molecule has 0 saturated carbocycles. The Morgan fingerprint density at radius 2 is 1.85 bits per heavy atom. The number of hydrogen-bond donors (Lipinski definition) is 2. The predicted molar refractivity (Wildman–Crippen MR) is 95.5 cm³/mol. The summed E-state index contributed by atoms with van der Waals surface area (Å²) in [6.07, 6.45) is 0. The molecule has 0 bridgehead atoms. The molecule has 0 atom stereocenters. The normalized spacial score (nSPS) is 11.4. The van der Waals surface area contributed by atoms with Crippen LogP contribution in [0.5, 0.6) is 5.88 Å². The quantitative estimate of drug-likeness (QED) is 0.522. The summed E-state index contributed by atoms with van der Waals surface area (Å²) < 4.78 is 5.17. The molecule has 7 nitrogen and oxygen atoms in total. The van der Waals surface area contributed by atoms with Crippen molar-refractivity contribution in [1.82, 2.24) is 10.1 Å². The fourth-order valence-electron chi connectivity index (χ4n) is 2.78. The van der Waals surface area contributed by atoms with Crippen molar-refractivity contribution in [3.8, 4) is 17.1 Å². The molecule has 2 N–H and O–H groups in total. The van der Waals surface area contributed by atoms with E-state index in [2.05, 4.69) is 20.4 Å². The van der Waals surface area contributed by atoms with Crippen molar-refractivity contribution in [1.29, 1.82) is 0 Å². The number of nitrogens with one attached hydrogen (secondary N) is 1. The highest BCUT2D eigenvalue weighted by molar-refractivity contribution is 6.01. The van der Waals surface area contributed by atoms with Gasteiger partial charge < -0.3 is 14.6 Å². The molecule has 4 rings (SSSR count). The molecule has 0 aliphatic carbocycles. The summed E-state index contributed by atoms with van der Waals surface area (Å²) in [6, 6.07) is 16.5. The van der Waals surface area contributed by atoms with Crippen molar-refractivity contribution in [3.05, 3.63) is 65.9 Å². The largest absolute Gasteiger partial charge is 0.493 e. The van der Waals surface area contributed by atoms with Gasteiger partial charge in [0, 0.05) is 10.9 Å². The van der Waals surface area contributed by atoms with Crippen LogP contribution in [-0.4, -0.2) is 21.2 Å². The Balaban J connectivity index is 1.72. The maximum Gasteiger partial charge on any atom is 0.301 e. The monoisotopic (exact) mass is 346 g/mol. The maximum atomic E-state index is 12.6. The van der Waals surface area contributed by atoms with Gasteiger partial charge in [-0.15, -0.1) is 10.2 Å². The van der Waals surface area contributed by atoms with E-state index < -0.39 is 5.91 Å². The van der Waals surface area contributed by atoms with Crippen LogP contribution in [0.4, 0.5) is 5.69 Å². The summed E-state index contributed by atoms with van der Waals surface area (Å²) in [4.78, 5) is 15.4. The first-order chi connectivity index (χ1) is 12.6. The van der Waals surface area contributed by atoms with Crippen LogP contribution >= 0.6 is 0 Å². The zero-order valence-corrected chi connectivity index (χ0v) is 13.8. The van der Waals surface area contributed by atoms with E-state index in [1.165, 1.54) is 0 Å². The van der Waals surface area contributed by atoms with Crippen LogP contribution in [0, 0.1) is 6.92 Å². The SMILES string of the molecule is Cc1onc(-c2ccccc2)c1C(=O)N=Nc1c(O)[nH]c2ccccc12. The van der Waals surface area contributed by atoms with Crippen LogP contribution in [0.2, 0.25) is 0 Å². The molecule has 4 aromatic rings. The first kappa shape index (κ1) is 15.8. The van der Waals surface area contributed by atoms with Crippen LogP contribution < -0.4 is 0 Å². The topological polar surface area (TPSA) is 104 Å². The minimum Gasteiger partial charge on any atom is -0.493 e. The fraction of sp³-hybridized carbons (Fsp3) is 0.0526. The average Bonchev–Trinajstić information content (AvgIpc) is 3.20. The van der Waals surface area contributed by atoms with Crippen LogP contribution in [0.25, 0.3) is 22.2 Å². The molecule has 128 valence electrons. The van der Waals surface area contributed by atoms with Crippen LogP contribution in [0.1, 0.15) is 16.1 Å². The highest BCUT2D eigenvalue weighted by Crippen LogP contribution is 2.35. The Labute approximate surface area is 148 Å². The predicted octanol–water partition coefficient (Wildman–Crippen LogP) is 4.76. The minimum atomic E-state index is -0.590. The molecule has 0 fully saturated rings. The van der Waals surface area contributed by atoms with Crippen molar-refractivity contribution in [2.45, 2.75) is 6.92 Å². The van der Waals surface area contributed by atoms with Gasteiger partial charge in [0.15, 0.2) is 5.69 Å². The third-order valence-electron chi connectivity index (χ3n) is 4.02. The lowest BCUT2D eigenvalue weighted by Gasteiger charge is -1.98.